The van der Waals surface area contributed by atoms with E-state index in [4.69, 9.17) is 23.2 Å². The summed E-state index contributed by atoms with van der Waals surface area (Å²) < 4.78 is 0. The predicted molar refractivity (Wildman–Crippen MR) is 154 cm³/mol. The minimum absolute atomic E-state index is 0.0948. The van der Waals surface area contributed by atoms with Crippen molar-refractivity contribution < 1.29 is 14.4 Å². The van der Waals surface area contributed by atoms with Crippen LogP contribution in [0.4, 0.5) is 0 Å². The Morgan fingerprint density at radius 3 is 2.05 bits per heavy atom. The molecule has 1 N–H and O–H groups in total. The predicted octanol–water partition coefficient (Wildman–Crippen LogP) is 4.66. The number of piperidine rings is 1. The number of nitrogens with one attached hydrogen (secondary N) is 1. The molecule has 1 atom stereocenters. The molecule has 3 amide bonds. The molecule has 3 aliphatic rings. The minimum atomic E-state index is -0.605. The Labute approximate surface area is 243 Å². The molecule has 6 rings (SSSR count). The van der Waals surface area contributed by atoms with Crippen molar-refractivity contribution in [3.05, 3.63) is 105 Å². The summed E-state index contributed by atoms with van der Waals surface area (Å²) in [6.45, 7) is 4.66. The Morgan fingerprint density at radius 2 is 1.45 bits per heavy atom. The van der Waals surface area contributed by atoms with Crippen molar-refractivity contribution in [2.75, 3.05) is 26.2 Å². The van der Waals surface area contributed by atoms with Crippen molar-refractivity contribution in [2.45, 2.75) is 38.0 Å². The van der Waals surface area contributed by atoms with Crippen LogP contribution in [0.15, 0.2) is 66.7 Å². The normalized spacial score (nSPS) is 20.2. The van der Waals surface area contributed by atoms with Crippen molar-refractivity contribution in [2.24, 2.45) is 0 Å². The van der Waals surface area contributed by atoms with Gasteiger partial charge in [0.15, 0.2) is 0 Å². The maximum absolute atomic E-state index is 13.2. The quantitative estimate of drug-likeness (QED) is 0.432. The molecular weight excluding hydrogens is 547 g/mol. The van der Waals surface area contributed by atoms with Gasteiger partial charge in [-0.15, -0.1) is 0 Å². The summed E-state index contributed by atoms with van der Waals surface area (Å²) in [7, 11) is 0. The number of imide groups is 1. The molecule has 0 aromatic heterocycles. The number of piperazine rings is 1. The molecule has 0 spiro atoms. The second kappa shape index (κ2) is 11.3. The number of amides is 3. The number of hydrogen-bond acceptors (Lipinski definition) is 5. The molecule has 40 heavy (non-hydrogen) atoms. The van der Waals surface area contributed by atoms with Gasteiger partial charge >= 0.3 is 0 Å². The summed E-state index contributed by atoms with van der Waals surface area (Å²) in [5.74, 6) is -0.796. The molecule has 7 nitrogen and oxygen atoms in total. The summed E-state index contributed by atoms with van der Waals surface area (Å²) in [5.41, 5.74) is 5.13. The summed E-state index contributed by atoms with van der Waals surface area (Å²) in [6.07, 6.45) is 0.616. The second-order valence-electron chi connectivity index (χ2n) is 10.7. The van der Waals surface area contributed by atoms with Gasteiger partial charge in [0.1, 0.15) is 6.04 Å². The van der Waals surface area contributed by atoms with E-state index < -0.39 is 6.04 Å². The number of carbonyl (C=O) groups is 3. The van der Waals surface area contributed by atoms with E-state index in [1.165, 1.54) is 11.1 Å². The fourth-order valence-corrected chi connectivity index (χ4v) is 6.37. The highest BCUT2D eigenvalue weighted by atomic mass is 35.5. The number of carbonyl (C=O) groups excluding carboxylic acids is 3. The van der Waals surface area contributed by atoms with Crippen LogP contribution < -0.4 is 5.32 Å². The Balaban J connectivity index is 1.16. The van der Waals surface area contributed by atoms with Crippen LogP contribution in [0.2, 0.25) is 10.0 Å². The third kappa shape index (κ3) is 5.39. The SMILES string of the molecule is O=C1CCC(N2Cc3c(CN4CCN(C(c5ccc(Cl)cc5)c5ccc(Cl)cc5)CC4)cccc3C2=O)C(=O)N1. The van der Waals surface area contributed by atoms with Crippen LogP contribution in [0, 0.1) is 0 Å². The first-order chi connectivity index (χ1) is 19.4. The number of rotatable bonds is 6. The Kier molecular flexibility index (Phi) is 7.64. The maximum Gasteiger partial charge on any atom is 0.255 e. The lowest BCUT2D eigenvalue weighted by molar-refractivity contribution is -0.136. The lowest BCUT2D eigenvalue weighted by atomic mass is 9.96. The molecule has 0 bridgehead atoms. The van der Waals surface area contributed by atoms with Gasteiger partial charge in [0.25, 0.3) is 5.91 Å². The van der Waals surface area contributed by atoms with Crippen LogP contribution in [0.1, 0.15) is 51.5 Å². The van der Waals surface area contributed by atoms with Gasteiger partial charge in [-0.25, -0.2) is 0 Å². The van der Waals surface area contributed by atoms with E-state index >= 15 is 0 Å². The van der Waals surface area contributed by atoms with E-state index in [0.717, 1.165) is 43.9 Å². The largest absolute Gasteiger partial charge is 0.322 e. The molecule has 0 aliphatic carbocycles. The highest BCUT2D eigenvalue weighted by Crippen LogP contribution is 2.33. The molecule has 9 heteroatoms. The molecule has 3 aromatic rings. The standard InChI is InChI=1S/C31H30Cl2N4O3/c32-23-8-4-20(5-9-23)29(21-6-10-24(33)11-7-21)36-16-14-35(15-17-36)18-22-2-1-3-25-26(22)19-37(31(25)40)27-12-13-28(38)34-30(27)39/h1-11,27,29H,12-19H2,(H,34,38,39). The van der Waals surface area contributed by atoms with Gasteiger partial charge < -0.3 is 4.90 Å². The topological polar surface area (TPSA) is 73.0 Å². The Morgan fingerprint density at radius 1 is 0.825 bits per heavy atom. The molecule has 3 aliphatic heterocycles. The Bertz CT molecular complexity index is 1390. The summed E-state index contributed by atoms with van der Waals surface area (Å²) in [5, 5.41) is 3.81. The maximum atomic E-state index is 13.2. The van der Waals surface area contributed by atoms with E-state index in [9.17, 15) is 14.4 Å². The number of hydrogen-bond donors (Lipinski definition) is 1. The molecule has 206 valence electrons. The van der Waals surface area contributed by atoms with Crippen LogP contribution >= 0.6 is 23.2 Å². The van der Waals surface area contributed by atoms with Gasteiger partial charge in [-0.3, -0.25) is 29.5 Å². The lowest BCUT2D eigenvalue weighted by Crippen LogP contribution is -2.52. The first-order valence-corrected chi connectivity index (χ1v) is 14.4. The number of fused-ring (bicyclic) bond motifs is 1. The highest BCUT2D eigenvalue weighted by Gasteiger charge is 2.40. The summed E-state index contributed by atoms with van der Waals surface area (Å²) in [4.78, 5) is 43.8. The number of nitrogens with zero attached hydrogens (tertiary/aromatic N) is 3. The molecule has 0 saturated carbocycles. The van der Waals surface area contributed by atoms with Gasteiger partial charge in [-0.2, -0.15) is 0 Å². The molecule has 2 saturated heterocycles. The van der Waals surface area contributed by atoms with Crippen LogP contribution in [0.3, 0.4) is 0 Å². The van der Waals surface area contributed by atoms with E-state index in [0.29, 0.717) is 28.6 Å². The third-order valence-corrected chi connectivity index (χ3v) is 8.72. The zero-order chi connectivity index (χ0) is 27.8. The van der Waals surface area contributed by atoms with E-state index in [2.05, 4.69) is 45.4 Å². The van der Waals surface area contributed by atoms with Gasteiger partial charge in [-0.05, 0) is 59.0 Å². The van der Waals surface area contributed by atoms with E-state index in [1.807, 2.05) is 36.4 Å². The fourth-order valence-electron chi connectivity index (χ4n) is 6.12. The minimum Gasteiger partial charge on any atom is -0.322 e. The fraction of sp³-hybridized carbons (Fsp3) is 0.323. The summed E-state index contributed by atoms with van der Waals surface area (Å²) in [6, 6.07) is 21.4. The van der Waals surface area contributed by atoms with E-state index in [1.54, 1.807) is 4.90 Å². The van der Waals surface area contributed by atoms with Crippen molar-refractivity contribution in [1.29, 1.82) is 0 Å². The van der Waals surface area contributed by atoms with Crippen LogP contribution in [-0.2, 0) is 22.7 Å². The van der Waals surface area contributed by atoms with Gasteiger partial charge in [0.05, 0.1) is 6.04 Å². The molecular formula is C31H30Cl2N4O3. The van der Waals surface area contributed by atoms with Gasteiger partial charge in [0.2, 0.25) is 11.8 Å². The Hall–Kier alpha value is -3.23. The van der Waals surface area contributed by atoms with Crippen molar-refractivity contribution in [3.63, 3.8) is 0 Å². The van der Waals surface area contributed by atoms with Crippen LogP contribution in [-0.4, -0.2) is 64.6 Å². The first kappa shape index (κ1) is 27.0. The van der Waals surface area contributed by atoms with Crippen molar-refractivity contribution in [1.82, 2.24) is 20.0 Å². The van der Waals surface area contributed by atoms with Gasteiger partial charge in [-0.1, -0.05) is 59.6 Å². The number of halogens is 2. The van der Waals surface area contributed by atoms with E-state index in [-0.39, 0.29) is 30.2 Å². The molecule has 1 unspecified atom stereocenters. The number of benzene rings is 3. The average molecular weight is 578 g/mol. The molecule has 3 heterocycles. The smallest absolute Gasteiger partial charge is 0.255 e. The van der Waals surface area contributed by atoms with Crippen molar-refractivity contribution in [3.8, 4) is 0 Å². The average Bonchev–Trinajstić information content (AvgIpc) is 3.29. The third-order valence-electron chi connectivity index (χ3n) is 8.22. The highest BCUT2D eigenvalue weighted by molar-refractivity contribution is 6.30. The summed E-state index contributed by atoms with van der Waals surface area (Å²) >= 11 is 12.4. The monoisotopic (exact) mass is 576 g/mol. The molecule has 2 fully saturated rings. The van der Waals surface area contributed by atoms with Gasteiger partial charge in [0, 0.05) is 61.3 Å². The molecule has 3 aromatic carbocycles. The van der Waals surface area contributed by atoms with Crippen molar-refractivity contribution >= 4 is 40.9 Å². The lowest BCUT2D eigenvalue weighted by Gasteiger charge is -2.40. The molecule has 0 radical (unpaired) electrons. The first-order valence-electron chi connectivity index (χ1n) is 13.6. The zero-order valence-electron chi connectivity index (χ0n) is 22.0. The van der Waals surface area contributed by atoms with Crippen LogP contribution in [0.5, 0.6) is 0 Å². The second-order valence-corrected chi connectivity index (χ2v) is 11.5. The zero-order valence-corrected chi connectivity index (χ0v) is 23.5. The van der Waals surface area contributed by atoms with Crippen LogP contribution in [0.25, 0.3) is 0 Å².